The highest BCUT2D eigenvalue weighted by Crippen LogP contribution is 2.56. The van der Waals surface area contributed by atoms with Crippen molar-refractivity contribution in [3.63, 3.8) is 0 Å². The summed E-state index contributed by atoms with van der Waals surface area (Å²) in [7, 11) is 1.87. The molecule has 1 saturated heterocycles. The van der Waals surface area contributed by atoms with Gasteiger partial charge in [0.2, 0.25) is 0 Å². The third-order valence-corrected chi connectivity index (χ3v) is 7.50. The van der Waals surface area contributed by atoms with Crippen LogP contribution in [0, 0.1) is 0 Å². The Labute approximate surface area is 190 Å². The van der Waals surface area contributed by atoms with Gasteiger partial charge < -0.3 is 9.80 Å². The Kier molecular flexibility index (Phi) is 4.19. The Hall–Kier alpha value is -3.35. The van der Waals surface area contributed by atoms with Gasteiger partial charge >= 0.3 is 0 Å². The fraction of sp³-hybridized carbons (Fsp3) is 0.346. The zero-order chi connectivity index (χ0) is 23.0. The van der Waals surface area contributed by atoms with E-state index in [4.69, 9.17) is 0 Å². The normalized spacial score (nSPS) is 20.4. The van der Waals surface area contributed by atoms with E-state index in [9.17, 15) is 18.4 Å². The van der Waals surface area contributed by atoms with Gasteiger partial charge in [-0.1, -0.05) is 12.1 Å². The molecule has 2 aliphatic heterocycles. The van der Waals surface area contributed by atoms with Crippen LogP contribution in [-0.4, -0.2) is 52.7 Å². The predicted molar refractivity (Wildman–Crippen MR) is 120 cm³/mol. The van der Waals surface area contributed by atoms with Crippen LogP contribution in [0.4, 0.5) is 8.78 Å². The van der Waals surface area contributed by atoms with Crippen molar-refractivity contribution in [1.82, 2.24) is 14.8 Å². The molecule has 0 bridgehead atoms. The summed E-state index contributed by atoms with van der Waals surface area (Å²) in [5, 5.41) is 0.904. The number of benzene rings is 2. The number of carbonyl (C=O) groups excluding carboxylic acids is 2. The molecule has 1 saturated carbocycles. The number of fused-ring (bicyclic) bond motifs is 3. The Bertz CT molecular complexity index is 1320. The molecule has 3 aromatic rings. The van der Waals surface area contributed by atoms with Crippen LogP contribution in [0.25, 0.3) is 22.0 Å². The SMILES string of the molecule is CN1C(=O)c2ccc(-c3ccnc4cc(C(=O)N5CCC(F)(F)CC5)ccc34)cc2C12CC2. The molecule has 0 atom stereocenters. The Balaban J connectivity index is 1.35. The summed E-state index contributed by atoms with van der Waals surface area (Å²) in [4.78, 5) is 33.3. The zero-order valence-corrected chi connectivity index (χ0v) is 18.3. The maximum absolute atomic E-state index is 13.5. The highest BCUT2D eigenvalue weighted by atomic mass is 19.3. The number of likely N-dealkylation sites (tertiary alicyclic amines) is 1. The number of aromatic nitrogens is 1. The molecule has 3 aliphatic rings. The van der Waals surface area contributed by atoms with Crippen molar-refractivity contribution in [3.05, 3.63) is 65.4 Å². The van der Waals surface area contributed by atoms with Gasteiger partial charge in [0, 0.05) is 55.7 Å². The summed E-state index contributed by atoms with van der Waals surface area (Å²) < 4.78 is 26.9. The van der Waals surface area contributed by atoms with E-state index in [1.165, 1.54) is 4.90 Å². The van der Waals surface area contributed by atoms with E-state index in [1.54, 1.807) is 18.3 Å². The van der Waals surface area contributed by atoms with Gasteiger partial charge in [0.05, 0.1) is 11.1 Å². The van der Waals surface area contributed by atoms with E-state index in [0.29, 0.717) is 11.1 Å². The van der Waals surface area contributed by atoms with E-state index in [0.717, 1.165) is 40.5 Å². The molecule has 1 aliphatic carbocycles. The van der Waals surface area contributed by atoms with Crippen LogP contribution in [0.15, 0.2) is 48.7 Å². The number of rotatable bonds is 2. The quantitative estimate of drug-likeness (QED) is 0.565. The lowest BCUT2D eigenvalue weighted by atomic mass is 9.94. The average molecular weight is 447 g/mol. The molecule has 0 N–H and O–H groups in total. The van der Waals surface area contributed by atoms with Crippen LogP contribution in [0.3, 0.4) is 0 Å². The standard InChI is InChI=1S/C26H23F2N3O2/c1-30-24(33)20-5-2-16(14-21(20)25(30)7-8-25)18-6-11-29-22-15-17(3-4-19(18)22)23(32)31-12-9-26(27,28)10-13-31/h2-6,11,14-15H,7-10,12-13H2,1H3. The number of hydrogen-bond donors (Lipinski definition) is 0. The summed E-state index contributed by atoms with van der Waals surface area (Å²) in [6.45, 7) is 0.114. The number of halogens is 2. The molecule has 168 valence electrons. The van der Waals surface area contributed by atoms with Gasteiger partial charge in [-0.05, 0) is 59.9 Å². The molecule has 0 radical (unpaired) electrons. The number of piperidine rings is 1. The average Bonchev–Trinajstić information content (AvgIpc) is 3.60. The second-order valence-corrected chi connectivity index (χ2v) is 9.39. The van der Waals surface area contributed by atoms with Crippen LogP contribution in [-0.2, 0) is 5.54 Å². The van der Waals surface area contributed by atoms with Crippen molar-refractivity contribution in [1.29, 1.82) is 0 Å². The van der Waals surface area contributed by atoms with Crippen molar-refractivity contribution in [2.24, 2.45) is 0 Å². The van der Waals surface area contributed by atoms with Gasteiger partial charge in [0.25, 0.3) is 17.7 Å². The molecule has 7 heteroatoms. The first-order valence-corrected chi connectivity index (χ1v) is 11.3. The van der Waals surface area contributed by atoms with Crippen LogP contribution in [0.2, 0.25) is 0 Å². The minimum absolute atomic E-state index is 0.0569. The first kappa shape index (κ1) is 20.3. The number of hydrogen-bond acceptors (Lipinski definition) is 3. The number of alkyl halides is 2. The van der Waals surface area contributed by atoms with Gasteiger partial charge in [0.15, 0.2) is 0 Å². The third-order valence-electron chi connectivity index (χ3n) is 7.50. The summed E-state index contributed by atoms with van der Waals surface area (Å²) in [6.07, 6.45) is 3.08. The lowest BCUT2D eigenvalue weighted by Gasteiger charge is -2.31. The first-order valence-electron chi connectivity index (χ1n) is 11.3. The first-order chi connectivity index (χ1) is 15.8. The van der Waals surface area contributed by atoms with Crippen molar-refractivity contribution in [2.75, 3.05) is 20.1 Å². The number of carbonyl (C=O) groups is 2. The molecule has 0 unspecified atom stereocenters. The lowest BCUT2D eigenvalue weighted by Crippen LogP contribution is -2.42. The van der Waals surface area contributed by atoms with Crippen LogP contribution in [0.1, 0.15) is 52.0 Å². The van der Waals surface area contributed by atoms with Crippen molar-refractivity contribution in [3.8, 4) is 11.1 Å². The molecule has 1 spiro atoms. The maximum atomic E-state index is 13.5. The highest BCUT2D eigenvalue weighted by molar-refractivity contribution is 6.03. The van der Waals surface area contributed by atoms with Crippen molar-refractivity contribution >= 4 is 22.7 Å². The second kappa shape index (κ2) is 6.83. The smallest absolute Gasteiger partial charge is 0.254 e. The van der Waals surface area contributed by atoms with E-state index < -0.39 is 5.92 Å². The Morgan fingerprint density at radius 2 is 1.73 bits per heavy atom. The van der Waals surface area contributed by atoms with Crippen LogP contribution >= 0.6 is 0 Å². The molecular formula is C26H23F2N3O2. The summed E-state index contributed by atoms with van der Waals surface area (Å²) in [5.74, 6) is -2.85. The predicted octanol–water partition coefficient (Wildman–Crippen LogP) is 4.85. The fourth-order valence-corrected chi connectivity index (χ4v) is 5.31. The molecular weight excluding hydrogens is 424 g/mol. The molecule has 2 fully saturated rings. The number of pyridine rings is 1. The molecule has 6 rings (SSSR count). The molecule has 33 heavy (non-hydrogen) atoms. The zero-order valence-electron chi connectivity index (χ0n) is 18.3. The van der Waals surface area contributed by atoms with E-state index in [1.807, 2.05) is 36.2 Å². The minimum Gasteiger partial charge on any atom is -0.338 e. The summed E-state index contributed by atoms with van der Waals surface area (Å²) >= 11 is 0. The van der Waals surface area contributed by atoms with E-state index in [2.05, 4.69) is 11.1 Å². The van der Waals surface area contributed by atoms with Gasteiger partial charge in [0.1, 0.15) is 0 Å². The molecule has 3 heterocycles. The van der Waals surface area contributed by atoms with Crippen molar-refractivity contribution in [2.45, 2.75) is 37.1 Å². The monoisotopic (exact) mass is 447 g/mol. The molecule has 5 nitrogen and oxygen atoms in total. The fourth-order valence-electron chi connectivity index (χ4n) is 5.31. The highest BCUT2D eigenvalue weighted by Gasteiger charge is 2.56. The van der Waals surface area contributed by atoms with Gasteiger partial charge in [-0.25, -0.2) is 8.78 Å². The van der Waals surface area contributed by atoms with Crippen LogP contribution in [0.5, 0.6) is 0 Å². The minimum atomic E-state index is -2.69. The second-order valence-electron chi connectivity index (χ2n) is 9.39. The number of amides is 2. The van der Waals surface area contributed by atoms with Gasteiger partial charge in [-0.2, -0.15) is 0 Å². The summed E-state index contributed by atoms with van der Waals surface area (Å²) in [6, 6.07) is 13.3. The van der Waals surface area contributed by atoms with E-state index >= 15 is 0 Å². The van der Waals surface area contributed by atoms with Crippen molar-refractivity contribution < 1.29 is 18.4 Å². The largest absolute Gasteiger partial charge is 0.338 e. The van der Waals surface area contributed by atoms with Gasteiger partial charge in [-0.15, -0.1) is 0 Å². The Morgan fingerprint density at radius 3 is 2.45 bits per heavy atom. The third kappa shape index (κ3) is 3.05. The molecule has 2 aromatic carbocycles. The topological polar surface area (TPSA) is 53.5 Å². The lowest BCUT2D eigenvalue weighted by molar-refractivity contribution is -0.0494. The summed E-state index contributed by atoms with van der Waals surface area (Å²) in [5.41, 5.74) is 4.83. The van der Waals surface area contributed by atoms with Crippen LogP contribution < -0.4 is 0 Å². The molecule has 2 amide bonds. The number of nitrogens with zero attached hydrogens (tertiary/aromatic N) is 3. The maximum Gasteiger partial charge on any atom is 0.254 e. The van der Waals surface area contributed by atoms with E-state index in [-0.39, 0.29) is 43.3 Å². The Morgan fingerprint density at radius 1 is 0.970 bits per heavy atom. The molecule has 1 aromatic heterocycles. The van der Waals surface area contributed by atoms with Gasteiger partial charge in [-0.3, -0.25) is 14.6 Å².